The summed E-state index contributed by atoms with van der Waals surface area (Å²) in [7, 11) is 0. The van der Waals surface area contributed by atoms with Gasteiger partial charge in [-0.25, -0.2) is 9.59 Å². The van der Waals surface area contributed by atoms with Crippen LogP contribution in [0.2, 0.25) is 0 Å². The van der Waals surface area contributed by atoms with Crippen LogP contribution in [0.5, 0.6) is 0 Å². The number of hydrogen-bond donors (Lipinski definition) is 4. The van der Waals surface area contributed by atoms with Crippen molar-refractivity contribution < 1.29 is 30.0 Å². The van der Waals surface area contributed by atoms with Gasteiger partial charge in [0.2, 0.25) is 0 Å². The molecular weight excluding hydrogens is 288 g/mol. The largest absolute Gasteiger partial charge is 0.478 e. The van der Waals surface area contributed by atoms with Gasteiger partial charge < -0.3 is 20.4 Å². The fraction of sp³-hybridized carbons (Fsp3) is 0.125. The number of aliphatic hydroxyl groups is 2. The summed E-state index contributed by atoms with van der Waals surface area (Å²) in [5.41, 5.74) is 0.662. The van der Waals surface area contributed by atoms with Crippen LogP contribution in [0.25, 0.3) is 0 Å². The lowest BCUT2D eigenvalue weighted by molar-refractivity contribution is 0.0686. The van der Waals surface area contributed by atoms with Crippen molar-refractivity contribution in [2.24, 2.45) is 0 Å². The number of rotatable bonds is 3. The molecule has 0 saturated heterocycles. The molecular formula is C16H18O6. The van der Waals surface area contributed by atoms with Gasteiger partial charge in [0.1, 0.15) is 0 Å². The van der Waals surface area contributed by atoms with Crippen molar-refractivity contribution in [3.8, 4) is 0 Å². The molecule has 6 nitrogen and oxygen atoms in total. The molecule has 0 bridgehead atoms. The molecule has 0 unspecified atom stereocenters. The Labute approximate surface area is 127 Å². The van der Waals surface area contributed by atoms with E-state index >= 15 is 0 Å². The van der Waals surface area contributed by atoms with Gasteiger partial charge in [-0.2, -0.15) is 0 Å². The topological polar surface area (TPSA) is 115 Å². The summed E-state index contributed by atoms with van der Waals surface area (Å²) >= 11 is 0. The Balaban J connectivity index is 0.000000326. The van der Waals surface area contributed by atoms with Crippen LogP contribution in [0, 0.1) is 0 Å². The van der Waals surface area contributed by atoms with Gasteiger partial charge in [-0.3, -0.25) is 0 Å². The molecule has 0 aliphatic rings. The number of aromatic carboxylic acids is 2. The minimum Gasteiger partial charge on any atom is -0.478 e. The third-order valence-corrected chi connectivity index (χ3v) is 2.14. The fourth-order valence-electron chi connectivity index (χ4n) is 1.16. The van der Waals surface area contributed by atoms with Crippen LogP contribution in [0.3, 0.4) is 0 Å². The van der Waals surface area contributed by atoms with Crippen molar-refractivity contribution >= 4 is 11.9 Å². The van der Waals surface area contributed by atoms with Gasteiger partial charge >= 0.3 is 11.9 Å². The van der Waals surface area contributed by atoms with E-state index in [0.717, 1.165) is 0 Å². The Bertz CT molecular complexity index is 488. The summed E-state index contributed by atoms with van der Waals surface area (Å²) in [4.78, 5) is 20.4. The normalized spacial score (nSPS) is 8.64. The van der Waals surface area contributed by atoms with E-state index in [4.69, 9.17) is 20.4 Å². The minimum atomic E-state index is -0.879. The molecule has 0 amide bonds. The smallest absolute Gasteiger partial charge is 0.335 e. The lowest BCUT2D eigenvalue weighted by Crippen LogP contribution is -1.93. The molecule has 0 heterocycles. The molecule has 2 rings (SSSR count). The highest BCUT2D eigenvalue weighted by Crippen LogP contribution is 1.96. The van der Waals surface area contributed by atoms with Crippen LogP contribution in [0.15, 0.2) is 60.7 Å². The predicted octanol–water partition coefficient (Wildman–Crippen LogP) is 1.74. The molecule has 22 heavy (non-hydrogen) atoms. The van der Waals surface area contributed by atoms with Crippen LogP contribution in [0.1, 0.15) is 20.7 Å². The molecule has 0 atom stereocenters. The highest BCUT2D eigenvalue weighted by atomic mass is 16.4. The van der Waals surface area contributed by atoms with Crippen LogP contribution in [-0.2, 0) is 0 Å². The maximum atomic E-state index is 10.2. The second-order valence-corrected chi connectivity index (χ2v) is 3.79. The SMILES string of the molecule is O=C(O)c1ccccc1.O=C(O)c1ccccc1.OCCO. The molecule has 4 N–H and O–H groups in total. The average molecular weight is 306 g/mol. The van der Waals surface area contributed by atoms with Crippen molar-refractivity contribution in [2.45, 2.75) is 0 Å². The van der Waals surface area contributed by atoms with E-state index in [1.165, 1.54) is 0 Å². The van der Waals surface area contributed by atoms with Crippen molar-refractivity contribution in [1.82, 2.24) is 0 Å². The van der Waals surface area contributed by atoms with Gasteiger partial charge in [0, 0.05) is 0 Å². The zero-order valence-electron chi connectivity index (χ0n) is 11.8. The molecule has 0 spiro atoms. The first-order valence-corrected chi connectivity index (χ1v) is 6.31. The third-order valence-electron chi connectivity index (χ3n) is 2.14. The second kappa shape index (κ2) is 12.1. The van der Waals surface area contributed by atoms with Crippen LogP contribution < -0.4 is 0 Å². The van der Waals surface area contributed by atoms with Gasteiger partial charge in [-0.1, -0.05) is 36.4 Å². The Morgan fingerprint density at radius 3 is 1.05 bits per heavy atom. The van der Waals surface area contributed by atoms with E-state index in [9.17, 15) is 9.59 Å². The van der Waals surface area contributed by atoms with Crippen LogP contribution in [0.4, 0.5) is 0 Å². The molecule has 0 aromatic heterocycles. The molecule has 118 valence electrons. The van der Waals surface area contributed by atoms with Gasteiger partial charge in [0.05, 0.1) is 24.3 Å². The maximum absolute atomic E-state index is 10.2. The van der Waals surface area contributed by atoms with Crippen molar-refractivity contribution in [1.29, 1.82) is 0 Å². The fourth-order valence-corrected chi connectivity index (χ4v) is 1.16. The Morgan fingerprint density at radius 2 is 0.909 bits per heavy atom. The molecule has 0 aliphatic carbocycles. The number of hydrogen-bond acceptors (Lipinski definition) is 4. The first kappa shape index (κ1) is 19.3. The Hall–Kier alpha value is -2.70. The first-order chi connectivity index (χ1) is 10.5. The number of carboxylic acids is 2. The molecule has 2 aromatic carbocycles. The highest BCUT2D eigenvalue weighted by molar-refractivity contribution is 5.87. The lowest BCUT2D eigenvalue weighted by atomic mass is 10.2. The summed E-state index contributed by atoms with van der Waals surface area (Å²) in [6, 6.07) is 16.6. The first-order valence-electron chi connectivity index (χ1n) is 6.31. The molecule has 0 fully saturated rings. The third kappa shape index (κ3) is 9.24. The van der Waals surface area contributed by atoms with E-state index in [1.54, 1.807) is 60.7 Å². The van der Waals surface area contributed by atoms with E-state index in [2.05, 4.69) is 0 Å². The molecule has 6 heteroatoms. The number of benzene rings is 2. The molecule has 0 aliphatic heterocycles. The maximum Gasteiger partial charge on any atom is 0.335 e. The number of aliphatic hydroxyl groups excluding tert-OH is 2. The summed E-state index contributed by atoms with van der Waals surface area (Å²) < 4.78 is 0. The van der Waals surface area contributed by atoms with Crippen molar-refractivity contribution in [3.63, 3.8) is 0 Å². The van der Waals surface area contributed by atoms with Gasteiger partial charge in [0.15, 0.2) is 0 Å². The zero-order chi connectivity index (χ0) is 16.8. The zero-order valence-corrected chi connectivity index (χ0v) is 11.8. The van der Waals surface area contributed by atoms with Gasteiger partial charge in [-0.05, 0) is 24.3 Å². The number of carbonyl (C=O) groups is 2. The molecule has 0 saturated carbocycles. The summed E-state index contributed by atoms with van der Waals surface area (Å²) in [6.07, 6.45) is 0. The molecule has 2 aromatic rings. The van der Waals surface area contributed by atoms with E-state index < -0.39 is 11.9 Å². The Kier molecular flexibility index (Phi) is 10.6. The summed E-state index contributed by atoms with van der Waals surface area (Å²) in [6.45, 7) is -0.250. The van der Waals surface area contributed by atoms with Gasteiger partial charge in [0.25, 0.3) is 0 Å². The lowest BCUT2D eigenvalue weighted by Gasteiger charge is -1.88. The summed E-state index contributed by atoms with van der Waals surface area (Å²) in [5, 5.41) is 32.0. The van der Waals surface area contributed by atoms with Gasteiger partial charge in [-0.15, -0.1) is 0 Å². The highest BCUT2D eigenvalue weighted by Gasteiger charge is 1.97. The van der Waals surface area contributed by atoms with E-state index in [-0.39, 0.29) is 13.2 Å². The van der Waals surface area contributed by atoms with Crippen LogP contribution in [-0.4, -0.2) is 45.6 Å². The minimum absolute atomic E-state index is 0.125. The average Bonchev–Trinajstić information content (AvgIpc) is 2.57. The monoisotopic (exact) mass is 306 g/mol. The van der Waals surface area contributed by atoms with Crippen molar-refractivity contribution in [3.05, 3.63) is 71.8 Å². The van der Waals surface area contributed by atoms with E-state index in [1.807, 2.05) is 0 Å². The van der Waals surface area contributed by atoms with Crippen LogP contribution >= 0.6 is 0 Å². The Morgan fingerprint density at radius 1 is 0.636 bits per heavy atom. The molecule has 0 radical (unpaired) electrons. The number of carboxylic acid groups (broad SMARTS) is 2. The second-order valence-electron chi connectivity index (χ2n) is 3.79. The summed E-state index contributed by atoms with van der Waals surface area (Å²) in [5.74, 6) is -1.76. The predicted molar refractivity (Wildman–Crippen MR) is 81.0 cm³/mol. The standard InChI is InChI=1S/2C7H6O2.C2H6O2/c2*8-7(9)6-4-2-1-3-5-6;3-1-2-4/h2*1-5H,(H,8,9);3-4H,1-2H2. The van der Waals surface area contributed by atoms with E-state index in [0.29, 0.717) is 11.1 Å². The quantitative estimate of drug-likeness (QED) is 0.686. The van der Waals surface area contributed by atoms with Crippen molar-refractivity contribution in [2.75, 3.05) is 13.2 Å².